The Hall–Kier alpha value is -2.04. The van der Waals surface area contributed by atoms with Crippen LogP contribution in [-0.4, -0.2) is 41.9 Å². The number of rotatable bonds is 2. The third-order valence-corrected chi connectivity index (χ3v) is 7.02. The number of likely N-dealkylation sites (N-methyl/N-ethyl adjacent to an activating group) is 1. The fraction of sp³-hybridized carbons (Fsp3) is 0.652. The standard InChI is InChI=1S/C23H32N2O3/c1-16-7-3-5-9-19(16)24-21(26)17-11-13-23(14-12-17)15-25(2)22(27)18-8-4-6-10-20(18)28-23/h4,6,8,10,16-17,19H,3,5,7,9,11-15H2,1-2H3,(H,24,26). The molecule has 2 atom stereocenters. The van der Waals surface area contributed by atoms with Gasteiger partial charge in [0.05, 0.1) is 12.1 Å². The molecule has 0 saturated heterocycles. The molecule has 0 radical (unpaired) electrons. The predicted molar refractivity (Wildman–Crippen MR) is 108 cm³/mol. The molecule has 5 heteroatoms. The van der Waals surface area contributed by atoms with Crippen molar-refractivity contribution in [3.05, 3.63) is 29.8 Å². The monoisotopic (exact) mass is 384 g/mol. The van der Waals surface area contributed by atoms with Crippen molar-refractivity contribution in [1.82, 2.24) is 10.2 Å². The van der Waals surface area contributed by atoms with Crippen molar-refractivity contribution < 1.29 is 14.3 Å². The van der Waals surface area contributed by atoms with Gasteiger partial charge in [-0.25, -0.2) is 0 Å². The molecule has 0 aromatic heterocycles. The number of carbonyl (C=O) groups is 2. The van der Waals surface area contributed by atoms with Crippen molar-refractivity contribution in [3.63, 3.8) is 0 Å². The molecule has 0 bridgehead atoms. The first kappa shape index (κ1) is 19.3. The summed E-state index contributed by atoms with van der Waals surface area (Å²) in [6, 6.07) is 7.84. The van der Waals surface area contributed by atoms with Crippen LogP contribution in [0.5, 0.6) is 5.75 Å². The van der Waals surface area contributed by atoms with E-state index in [1.54, 1.807) is 4.90 Å². The lowest BCUT2D eigenvalue weighted by Gasteiger charge is -2.41. The van der Waals surface area contributed by atoms with E-state index in [9.17, 15) is 9.59 Å². The number of benzene rings is 1. The van der Waals surface area contributed by atoms with Crippen LogP contribution < -0.4 is 10.1 Å². The Morgan fingerprint density at radius 1 is 1.14 bits per heavy atom. The molecule has 2 aliphatic carbocycles. The molecule has 28 heavy (non-hydrogen) atoms. The van der Waals surface area contributed by atoms with Gasteiger partial charge in [-0.2, -0.15) is 0 Å². The number of hydrogen-bond acceptors (Lipinski definition) is 3. The minimum atomic E-state index is -0.383. The highest BCUT2D eigenvalue weighted by atomic mass is 16.5. The summed E-state index contributed by atoms with van der Waals surface area (Å²) in [5, 5.41) is 3.33. The largest absolute Gasteiger partial charge is 0.485 e. The summed E-state index contributed by atoms with van der Waals surface area (Å²) in [5.41, 5.74) is 0.249. The van der Waals surface area contributed by atoms with Crippen LogP contribution in [0.4, 0.5) is 0 Å². The van der Waals surface area contributed by atoms with E-state index in [4.69, 9.17) is 4.74 Å². The van der Waals surface area contributed by atoms with Gasteiger partial charge in [-0.3, -0.25) is 9.59 Å². The van der Waals surface area contributed by atoms with Gasteiger partial charge in [0.2, 0.25) is 5.91 Å². The highest BCUT2D eigenvalue weighted by Crippen LogP contribution is 2.40. The van der Waals surface area contributed by atoms with Crippen molar-refractivity contribution in [2.24, 2.45) is 11.8 Å². The van der Waals surface area contributed by atoms with E-state index < -0.39 is 0 Å². The lowest BCUT2D eigenvalue weighted by Crippen LogP contribution is -2.51. The van der Waals surface area contributed by atoms with Crippen LogP contribution in [0.2, 0.25) is 0 Å². The van der Waals surface area contributed by atoms with Crippen LogP contribution in [0.3, 0.4) is 0 Å². The summed E-state index contributed by atoms with van der Waals surface area (Å²) in [6.45, 7) is 2.83. The van der Waals surface area contributed by atoms with Crippen LogP contribution in [0.25, 0.3) is 0 Å². The van der Waals surface area contributed by atoms with E-state index in [1.807, 2.05) is 31.3 Å². The molecule has 152 valence electrons. The summed E-state index contributed by atoms with van der Waals surface area (Å²) in [5.74, 6) is 1.54. The summed E-state index contributed by atoms with van der Waals surface area (Å²) >= 11 is 0. The van der Waals surface area contributed by atoms with Crippen LogP contribution in [0, 0.1) is 11.8 Å². The van der Waals surface area contributed by atoms with Crippen LogP contribution in [0.15, 0.2) is 24.3 Å². The number of ether oxygens (including phenoxy) is 1. The number of fused-ring (bicyclic) bond motifs is 1. The molecule has 1 aliphatic heterocycles. The number of carbonyl (C=O) groups excluding carboxylic acids is 2. The molecule has 2 amide bonds. The van der Waals surface area contributed by atoms with Gasteiger partial charge in [0, 0.05) is 19.0 Å². The van der Waals surface area contributed by atoms with Gasteiger partial charge in [-0.05, 0) is 56.6 Å². The summed E-state index contributed by atoms with van der Waals surface area (Å²) in [4.78, 5) is 27.3. The summed E-state index contributed by atoms with van der Waals surface area (Å²) in [6.07, 6.45) is 8.06. The first-order valence-electron chi connectivity index (χ1n) is 10.8. The Morgan fingerprint density at radius 3 is 2.61 bits per heavy atom. The van der Waals surface area contributed by atoms with Gasteiger partial charge in [0.15, 0.2) is 0 Å². The molecule has 1 spiro atoms. The normalized spacial score (nSPS) is 33.0. The van der Waals surface area contributed by atoms with Crippen LogP contribution in [-0.2, 0) is 4.79 Å². The molecule has 2 unspecified atom stereocenters. The van der Waals surface area contributed by atoms with E-state index >= 15 is 0 Å². The highest BCUT2D eigenvalue weighted by Gasteiger charge is 2.43. The second-order valence-electron chi connectivity index (χ2n) is 9.09. The topological polar surface area (TPSA) is 58.6 Å². The zero-order chi connectivity index (χ0) is 19.7. The smallest absolute Gasteiger partial charge is 0.257 e. The number of nitrogens with zero attached hydrogens (tertiary/aromatic N) is 1. The van der Waals surface area contributed by atoms with E-state index in [1.165, 1.54) is 19.3 Å². The maximum absolute atomic E-state index is 12.8. The predicted octanol–water partition coefficient (Wildman–Crippen LogP) is 3.77. The first-order chi connectivity index (χ1) is 13.5. The SMILES string of the molecule is CC1CCCCC1NC(=O)C1CCC2(CC1)CN(C)C(=O)c1ccccc1O2. The lowest BCUT2D eigenvalue weighted by molar-refractivity contribution is -0.129. The Labute approximate surface area is 167 Å². The summed E-state index contributed by atoms with van der Waals surface area (Å²) in [7, 11) is 1.85. The fourth-order valence-electron chi connectivity index (χ4n) is 5.21. The Kier molecular flexibility index (Phi) is 5.35. The fourth-order valence-corrected chi connectivity index (χ4v) is 5.21. The van der Waals surface area contributed by atoms with Gasteiger partial charge in [-0.15, -0.1) is 0 Å². The molecule has 1 aromatic carbocycles. The maximum Gasteiger partial charge on any atom is 0.257 e. The number of hydrogen-bond donors (Lipinski definition) is 1. The molecule has 1 heterocycles. The van der Waals surface area contributed by atoms with Crippen molar-refractivity contribution in [2.75, 3.05) is 13.6 Å². The van der Waals surface area contributed by atoms with E-state index in [2.05, 4.69) is 12.2 Å². The molecule has 3 aliphatic rings. The minimum absolute atomic E-state index is 0.0126. The van der Waals surface area contributed by atoms with Crippen LogP contribution >= 0.6 is 0 Å². The third-order valence-electron chi connectivity index (χ3n) is 7.02. The second kappa shape index (κ2) is 7.76. The highest BCUT2D eigenvalue weighted by molar-refractivity contribution is 5.97. The average Bonchev–Trinajstić information content (AvgIpc) is 2.79. The van der Waals surface area contributed by atoms with E-state index in [-0.39, 0.29) is 23.3 Å². The van der Waals surface area contributed by atoms with Gasteiger partial charge in [0.25, 0.3) is 5.91 Å². The molecule has 5 nitrogen and oxygen atoms in total. The zero-order valence-electron chi connectivity index (χ0n) is 17.1. The summed E-state index contributed by atoms with van der Waals surface area (Å²) < 4.78 is 6.43. The van der Waals surface area contributed by atoms with Crippen molar-refractivity contribution in [1.29, 1.82) is 0 Å². The van der Waals surface area contributed by atoms with Crippen molar-refractivity contribution >= 4 is 11.8 Å². The maximum atomic E-state index is 12.8. The number of amides is 2. The average molecular weight is 385 g/mol. The molecule has 1 aromatic rings. The van der Waals surface area contributed by atoms with E-state index in [0.29, 0.717) is 29.8 Å². The Bertz CT molecular complexity index is 739. The van der Waals surface area contributed by atoms with Crippen molar-refractivity contribution in [2.45, 2.75) is 69.9 Å². The first-order valence-corrected chi connectivity index (χ1v) is 10.8. The van der Waals surface area contributed by atoms with Crippen LogP contribution in [0.1, 0.15) is 68.6 Å². The lowest BCUT2D eigenvalue weighted by atomic mass is 9.77. The third kappa shape index (κ3) is 3.76. The second-order valence-corrected chi connectivity index (χ2v) is 9.09. The zero-order valence-corrected chi connectivity index (χ0v) is 17.1. The van der Waals surface area contributed by atoms with Gasteiger partial charge in [0.1, 0.15) is 11.4 Å². The Morgan fingerprint density at radius 2 is 1.86 bits per heavy atom. The molecule has 2 saturated carbocycles. The minimum Gasteiger partial charge on any atom is -0.485 e. The number of nitrogens with one attached hydrogen (secondary N) is 1. The quantitative estimate of drug-likeness (QED) is 0.844. The Balaban J connectivity index is 1.41. The molecular formula is C23H32N2O3. The number of para-hydroxylation sites is 1. The van der Waals surface area contributed by atoms with Crippen molar-refractivity contribution in [3.8, 4) is 5.75 Å². The van der Waals surface area contributed by atoms with Gasteiger partial charge < -0.3 is 15.0 Å². The van der Waals surface area contributed by atoms with E-state index in [0.717, 1.165) is 32.1 Å². The molecule has 2 fully saturated rings. The molecule has 4 rings (SSSR count). The van der Waals surface area contributed by atoms with Gasteiger partial charge in [-0.1, -0.05) is 31.9 Å². The van der Waals surface area contributed by atoms with Gasteiger partial charge >= 0.3 is 0 Å². The molecular weight excluding hydrogens is 352 g/mol. The molecule has 1 N–H and O–H groups in total.